The van der Waals surface area contributed by atoms with Crippen LogP contribution in [0.15, 0.2) is 0 Å². The molecule has 4 nitrogen and oxygen atoms in total. The van der Waals surface area contributed by atoms with Crippen molar-refractivity contribution in [3.8, 4) is 0 Å². The molecule has 5 heteroatoms. The lowest BCUT2D eigenvalue weighted by atomic mass is 9.85. The zero-order valence-corrected chi connectivity index (χ0v) is 10.5. The third-order valence-corrected chi connectivity index (χ3v) is 4.09. The SMILES string of the molecule is Cc1nc(N)sc1C(=O)N(C)CC1CCC1. The third-order valence-electron chi connectivity index (χ3n) is 3.11. The average Bonchev–Trinajstić information content (AvgIpc) is 2.50. The summed E-state index contributed by atoms with van der Waals surface area (Å²) in [5.74, 6) is 0.748. The Balaban J connectivity index is 2.02. The zero-order chi connectivity index (χ0) is 11.7. The Hall–Kier alpha value is -1.10. The highest BCUT2D eigenvalue weighted by atomic mass is 32.1. The topological polar surface area (TPSA) is 59.2 Å². The van der Waals surface area contributed by atoms with E-state index in [2.05, 4.69) is 4.98 Å². The minimum atomic E-state index is 0.0543. The zero-order valence-electron chi connectivity index (χ0n) is 9.69. The number of rotatable bonds is 3. The Morgan fingerprint density at radius 3 is 2.75 bits per heavy atom. The normalized spacial score (nSPS) is 15.9. The predicted molar refractivity (Wildman–Crippen MR) is 65.6 cm³/mol. The van der Waals surface area contributed by atoms with Gasteiger partial charge in [0, 0.05) is 13.6 Å². The number of hydrogen-bond donors (Lipinski definition) is 1. The van der Waals surface area contributed by atoms with Crippen molar-refractivity contribution in [3.63, 3.8) is 0 Å². The highest BCUT2D eigenvalue weighted by Gasteiger charge is 2.24. The molecule has 1 aliphatic rings. The largest absolute Gasteiger partial charge is 0.375 e. The Bertz CT molecular complexity index is 398. The van der Waals surface area contributed by atoms with E-state index in [0.717, 1.165) is 12.2 Å². The van der Waals surface area contributed by atoms with E-state index in [1.54, 1.807) is 4.90 Å². The number of amides is 1. The molecule has 1 aromatic heterocycles. The van der Waals surface area contributed by atoms with Gasteiger partial charge < -0.3 is 10.6 Å². The fourth-order valence-corrected chi connectivity index (χ4v) is 2.76. The molecule has 2 rings (SSSR count). The molecule has 0 aliphatic heterocycles. The highest BCUT2D eigenvalue weighted by Crippen LogP contribution is 2.28. The molecule has 1 saturated carbocycles. The molecule has 1 aliphatic carbocycles. The van der Waals surface area contributed by atoms with E-state index >= 15 is 0 Å². The summed E-state index contributed by atoms with van der Waals surface area (Å²) in [5.41, 5.74) is 6.34. The van der Waals surface area contributed by atoms with Gasteiger partial charge in [-0.1, -0.05) is 17.8 Å². The van der Waals surface area contributed by atoms with Gasteiger partial charge in [0.05, 0.1) is 5.69 Å². The number of nitrogens with two attached hydrogens (primary N) is 1. The summed E-state index contributed by atoms with van der Waals surface area (Å²) in [6, 6.07) is 0. The molecule has 1 heterocycles. The molecule has 1 aromatic rings. The molecule has 1 amide bonds. The first kappa shape index (κ1) is 11.4. The van der Waals surface area contributed by atoms with Crippen molar-refractivity contribution in [3.05, 3.63) is 10.6 Å². The lowest BCUT2D eigenvalue weighted by Gasteiger charge is -2.29. The molecule has 16 heavy (non-hydrogen) atoms. The molecule has 0 bridgehead atoms. The summed E-state index contributed by atoms with van der Waals surface area (Å²) in [6.07, 6.45) is 3.81. The summed E-state index contributed by atoms with van der Waals surface area (Å²) >= 11 is 1.28. The van der Waals surface area contributed by atoms with Crippen LogP contribution in [0.1, 0.15) is 34.6 Å². The monoisotopic (exact) mass is 239 g/mol. The number of hydrogen-bond acceptors (Lipinski definition) is 4. The molecular weight excluding hydrogens is 222 g/mol. The Labute approximate surface area is 99.5 Å². The minimum absolute atomic E-state index is 0.0543. The number of anilines is 1. The quantitative estimate of drug-likeness (QED) is 0.876. The van der Waals surface area contributed by atoms with Crippen LogP contribution in [-0.4, -0.2) is 29.4 Å². The summed E-state index contributed by atoms with van der Waals surface area (Å²) in [6.45, 7) is 2.69. The van der Waals surface area contributed by atoms with Crippen LogP contribution in [0.25, 0.3) is 0 Å². The van der Waals surface area contributed by atoms with Crippen molar-refractivity contribution < 1.29 is 4.79 Å². The van der Waals surface area contributed by atoms with Crippen molar-refractivity contribution in [2.45, 2.75) is 26.2 Å². The molecule has 1 fully saturated rings. The van der Waals surface area contributed by atoms with Gasteiger partial charge in [-0.2, -0.15) is 0 Å². The van der Waals surface area contributed by atoms with Gasteiger partial charge in [-0.3, -0.25) is 4.79 Å². The van der Waals surface area contributed by atoms with Crippen molar-refractivity contribution in [1.29, 1.82) is 0 Å². The number of aryl methyl sites for hydroxylation is 1. The fourth-order valence-electron chi connectivity index (χ4n) is 1.93. The molecule has 0 spiro atoms. The van der Waals surface area contributed by atoms with E-state index in [9.17, 15) is 4.79 Å². The first-order valence-corrected chi connectivity index (χ1v) is 6.38. The number of nitrogen functional groups attached to an aromatic ring is 1. The van der Waals surface area contributed by atoms with E-state index in [1.807, 2.05) is 14.0 Å². The number of nitrogens with zero attached hydrogens (tertiary/aromatic N) is 2. The lowest BCUT2D eigenvalue weighted by Crippen LogP contribution is -2.34. The van der Waals surface area contributed by atoms with E-state index < -0.39 is 0 Å². The Morgan fingerprint density at radius 1 is 1.62 bits per heavy atom. The molecule has 2 N–H and O–H groups in total. The van der Waals surface area contributed by atoms with Crippen LogP contribution >= 0.6 is 11.3 Å². The van der Waals surface area contributed by atoms with Crippen molar-refractivity contribution >= 4 is 22.4 Å². The van der Waals surface area contributed by atoms with E-state index in [0.29, 0.717) is 15.9 Å². The van der Waals surface area contributed by atoms with Crippen LogP contribution < -0.4 is 5.73 Å². The summed E-state index contributed by atoms with van der Waals surface area (Å²) in [4.78, 5) is 18.6. The van der Waals surface area contributed by atoms with Gasteiger partial charge in [0.1, 0.15) is 4.88 Å². The van der Waals surface area contributed by atoms with Crippen LogP contribution in [-0.2, 0) is 0 Å². The maximum absolute atomic E-state index is 12.1. The van der Waals surface area contributed by atoms with Crippen LogP contribution in [0.3, 0.4) is 0 Å². The maximum atomic E-state index is 12.1. The van der Waals surface area contributed by atoms with Gasteiger partial charge in [0.25, 0.3) is 5.91 Å². The predicted octanol–water partition coefficient (Wildman–Crippen LogP) is 1.91. The highest BCUT2D eigenvalue weighted by molar-refractivity contribution is 7.17. The first-order chi connectivity index (χ1) is 7.58. The standard InChI is InChI=1S/C11H17N3OS/c1-7-9(16-11(12)13-7)10(15)14(2)6-8-4-3-5-8/h8H,3-6H2,1-2H3,(H2,12,13). The lowest BCUT2D eigenvalue weighted by molar-refractivity contribution is 0.0749. The van der Waals surface area contributed by atoms with E-state index in [4.69, 9.17) is 5.73 Å². The molecule has 0 aromatic carbocycles. The van der Waals surface area contributed by atoms with Crippen LogP contribution in [0, 0.1) is 12.8 Å². The van der Waals surface area contributed by atoms with Gasteiger partial charge >= 0.3 is 0 Å². The van der Waals surface area contributed by atoms with Crippen molar-refractivity contribution in [2.75, 3.05) is 19.3 Å². The van der Waals surface area contributed by atoms with Crippen LogP contribution in [0.4, 0.5) is 5.13 Å². The van der Waals surface area contributed by atoms with Gasteiger partial charge in [0.2, 0.25) is 0 Å². The fraction of sp³-hybridized carbons (Fsp3) is 0.636. The molecule has 0 radical (unpaired) electrons. The maximum Gasteiger partial charge on any atom is 0.265 e. The second kappa shape index (κ2) is 4.41. The van der Waals surface area contributed by atoms with Gasteiger partial charge in [-0.05, 0) is 25.7 Å². The van der Waals surface area contributed by atoms with E-state index in [-0.39, 0.29) is 5.91 Å². The second-order valence-electron chi connectivity index (χ2n) is 4.45. The first-order valence-electron chi connectivity index (χ1n) is 5.56. The number of carbonyl (C=O) groups is 1. The number of thiazole rings is 1. The van der Waals surface area contributed by atoms with Crippen LogP contribution in [0.5, 0.6) is 0 Å². The molecular formula is C11H17N3OS. The number of aromatic nitrogens is 1. The van der Waals surface area contributed by atoms with Gasteiger partial charge in [0.15, 0.2) is 5.13 Å². The number of carbonyl (C=O) groups excluding carboxylic acids is 1. The smallest absolute Gasteiger partial charge is 0.265 e. The summed E-state index contributed by atoms with van der Waals surface area (Å²) in [7, 11) is 1.86. The molecule has 88 valence electrons. The molecule has 0 unspecified atom stereocenters. The molecule has 0 atom stereocenters. The Kier molecular flexibility index (Phi) is 3.14. The average molecular weight is 239 g/mol. The second-order valence-corrected chi connectivity index (χ2v) is 5.48. The minimum Gasteiger partial charge on any atom is -0.375 e. The Morgan fingerprint density at radius 2 is 2.31 bits per heavy atom. The summed E-state index contributed by atoms with van der Waals surface area (Å²) < 4.78 is 0. The van der Waals surface area contributed by atoms with Gasteiger partial charge in [-0.25, -0.2) is 4.98 Å². The summed E-state index contributed by atoms with van der Waals surface area (Å²) in [5, 5.41) is 0.470. The van der Waals surface area contributed by atoms with Crippen LogP contribution in [0.2, 0.25) is 0 Å². The van der Waals surface area contributed by atoms with Crippen molar-refractivity contribution in [1.82, 2.24) is 9.88 Å². The van der Waals surface area contributed by atoms with Crippen molar-refractivity contribution in [2.24, 2.45) is 5.92 Å². The third kappa shape index (κ3) is 2.19. The van der Waals surface area contributed by atoms with E-state index in [1.165, 1.54) is 30.6 Å². The molecule has 0 saturated heterocycles. The van der Waals surface area contributed by atoms with Gasteiger partial charge in [-0.15, -0.1) is 0 Å².